The Morgan fingerprint density at radius 2 is 1.72 bits per heavy atom. The van der Waals surface area contributed by atoms with Crippen molar-refractivity contribution in [2.75, 3.05) is 11.4 Å². The van der Waals surface area contributed by atoms with Gasteiger partial charge >= 0.3 is 0 Å². The summed E-state index contributed by atoms with van der Waals surface area (Å²) in [7, 11) is 0. The molecule has 0 aliphatic carbocycles. The molecule has 2 rings (SSSR count). The molecule has 176 valence electrons. The molecule has 0 fully saturated rings. The largest absolute Gasteiger partial charge is 0.392 e. The van der Waals surface area contributed by atoms with Crippen LogP contribution in [0.5, 0.6) is 0 Å². The first-order valence-electron chi connectivity index (χ1n) is 11.7. The molecule has 2 aromatic rings. The molecule has 1 heterocycles. The van der Waals surface area contributed by atoms with Crippen LogP contribution in [0.1, 0.15) is 74.9 Å². The Labute approximate surface area is 197 Å². The Morgan fingerprint density at radius 1 is 1.00 bits per heavy atom. The lowest BCUT2D eigenvalue weighted by Gasteiger charge is -2.23. The summed E-state index contributed by atoms with van der Waals surface area (Å²) in [6.07, 6.45) is 9.42. The number of hydrogen-bond donors (Lipinski definition) is 3. The van der Waals surface area contributed by atoms with E-state index in [-0.39, 0.29) is 13.2 Å². The van der Waals surface area contributed by atoms with E-state index >= 15 is 0 Å². The highest BCUT2D eigenvalue weighted by atomic mass is 32.1. The van der Waals surface area contributed by atoms with Crippen molar-refractivity contribution in [3.05, 3.63) is 70.1 Å². The second kappa shape index (κ2) is 12.9. The van der Waals surface area contributed by atoms with Crippen molar-refractivity contribution in [3.8, 4) is 0 Å². The van der Waals surface area contributed by atoms with Crippen molar-refractivity contribution in [1.82, 2.24) is 0 Å². The van der Waals surface area contributed by atoms with E-state index < -0.39 is 5.60 Å². The van der Waals surface area contributed by atoms with Gasteiger partial charge in [0, 0.05) is 18.0 Å². The van der Waals surface area contributed by atoms with Crippen molar-refractivity contribution >= 4 is 21.9 Å². The third-order valence-electron chi connectivity index (χ3n) is 6.01. The predicted octanol–water partition coefficient (Wildman–Crippen LogP) is 6.05. The van der Waals surface area contributed by atoms with Crippen molar-refractivity contribution in [2.45, 2.75) is 78.7 Å². The topological polar surface area (TPSA) is 63.9 Å². The fraction of sp³-hybridized carbons (Fsp3) is 0.481. The highest BCUT2D eigenvalue weighted by molar-refractivity contribution is 7.17. The summed E-state index contributed by atoms with van der Waals surface area (Å²) in [5, 5.41) is 30.8. The van der Waals surface area contributed by atoms with E-state index in [0.29, 0.717) is 12.8 Å². The van der Waals surface area contributed by atoms with Gasteiger partial charge in [-0.05, 0) is 60.1 Å². The Balaban J connectivity index is 2.24. The quantitative estimate of drug-likeness (QED) is 0.320. The summed E-state index contributed by atoms with van der Waals surface area (Å²) >= 11 is 1.79. The highest BCUT2D eigenvalue weighted by Crippen LogP contribution is 2.33. The van der Waals surface area contributed by atoms with Gasteiger partial charge in [0.1, 0.15) is 0 Å². The number of aliphatic hydroxyl groups is 3. The van der Waals surface area contributed by atoms with E-state index in [2.05, 4.69) is 37.0 Å². The molecule has 0 aliphatic heterocycles. The van der Waals surface area contributed by atoms with Crippen molar-refractivity contribution in [1.29, 1.82) is 0 Å². The van der Waals surface area contributed by atoms with Crippen LogP contribution in [0, 0.1) is 0 Å². The normalized spacial score (nSPS) is 12.7. The van der Waals surface area contributed by atoms with Crippen molar-refractivity contribution < 1.29 is 15.3 Å². The van der Waals surface area contributed by atoms with Crippen LogP contribution in [0.3, 0.4) is 0 Å². The summed E-state index contributed by atoms with van der Waals surface area (Å²) in [5.41, 5.74) is 3.23. The van der Waals surface area contributed by atoms with Crippen molar-refractivity contribution in [3.63, 3.8) is 0 Å². The second-order valence-electron chi connectivity index (χ2n) is 8.19. The number of rotatable bonds is 13. The maximum absolute atomic E-state index is 10.5. The fourth-order valence-electron chi connectivity index (χ4n) is 3.71. The van der Waals surface area contributed by atoms with Gasteiger partial charge in [0.2, 0.25) is 0 Å². The predicted molar refractivity (Wildman–Crippen MR) is 137 cm³/mol. The Hall–Kier alpha value is -1.92. The van der Waals surface area contributed by atoms with Gasteiger partial charge in [0.25, 0.3) is 0 Å². The Bertz CT molecular complexity index is 896. The van der Waals surface area contributed by atoms with Gasteiger partial charge in [-0.3, -0.25) is 0 Å². The number of aliphatic hydroxyl groups excluding tert-OH is 2. The molecular formula is C27H39NO3S. The average molecular weight is 458 g/mol. The first kappa shape index (κ1) is 26.3. The average Bonchev–Trinajstić information content (AvgIpc) is 3.31. The Morgan fingerprint density at radius 3 is 2.31 bits per heavy atom. The molecule has 32 heavy (non-hydrogen) atoms. The van der Waals surface area contributed by atoms with Gasteiger partial charge in [-0.1, -0.05) is 64.1 Å². The van der Waals surface area contributed by atoms with Crippen LogP contribution in [0.25, 0.3) is 5.57 Å². The van der Waals surface area contributed by atoms with Crippen LogP contribution in [-0.2, 0) is 19.8 Å². The number of anilines is 1. The van der Waals surface area contributed by atoms with Crippen LogP contribution in [0.4, 0.5) is 5.00 Å². The van der Waals surface area contributed by atoms with Gasteiger partial charge in [-0.15, -0.1) is 11.3 Å². The summed E-state index contributed by atoms with van der Waals surface area (Å²) in [6, 6.07) is 10.3. The third kappa shape index (κ3) is 7.04. The van der Waals surface area contributed by atoms with E-state index in [1.54, 1.807) is 11.3 Å². The summed E-state index contributed by atoms with van der Waals surface area (Å²) in [4.78, 5) is 3.62. The molecule has 5 heteroatoms. The molecule has 0 saturated carbocycles. The molecule has 0 radical (unpaired) electrons. The molecule has 1 aromatic heterocycles. The first-order valence-corrected chi connectivity index (χ1v) is 12.5. The summed E-state index contributed by atoms with van der Waals surface area (Å²) in [6.45, 7) is 9.94. The molecule has 0 atom stereocenters. The monoisotopic (exact) mass is 457 g/mol. The molecule has 0 bridgehead atoms. The smallest absolute Gasteiger partial charge is 0.0917 e. The lowest BCUT2D eigenvalue weighted by molar-refractivity contribution is 0.0828. The van der Waals surface area contributed by atoms with Crippen LogP contribution in [0.15, 0.2) is 48.6 Å². The minimum absolute atomic E-state index is 0.0579. The number of thiophene rings is 1. The standard InChI is InChI=1S/C27H39NO3S/c1-5-16-28(18-21-11-12-23(19-29)24(17-21)20-30)26-14-13-25(32-26)22(6-2)10-9-15-27(31,7-3)8-4/h9-15,17,29-31H,5-8,16,18-20H2,1-4H3/b15-9+,22-10-. The maximum Gasteiger partial charge on any atom is 0.0917 e. The van der Waals surface area contributed by atoms with Gasteiger partial charge in [0.05, 0.1) is 23.8 Å². The number of allylic oxidation sites excluding steroid dienone is 3. The van der Waals surface area contributed by atoms with Gasteiger partial charge in [-0.2, -0.15) is 0 Å². The molecule has 0 spiro atoms. The highest BCUT2D eigenvalue weighted by Gasteiger charge is 2.17. The zero-order valence-electron chi connectivity index (χ0n) is 20.0. The van der Waals surface area contributed by atoms with E-state index in [9.17, 15) is 15.3 Å². The molecule has 4 nitrogen and oxygen atoms in total. The molecule has 3 N–H and O–H groups in total. The Kier molecular flexibility index (Phi) is 10.7. The van der Waals surface area contributed by atoms with Crippen LogP contribution in [0.2, 0.25) is 0 Å². The van der Waals surface area contributed by atoms with Crippen LogP contribution >= 0.6 is 11.3 Å². The third-order valence-corrected chi connectivity index (χ3v) is 7.23. The molecule has 0 saturated heterocycles. The van der Waals surface area contributed by atoms with Crippen LogP contribution in [-0.4, -0.2) is 27.5 Å². The van der Waals surface area contributed by atoms with Crippen LogP contribution < -0.4 is 4.90 Å². The molecule has 0 unspecified atom stereocenters. The molecule has 1 aromatic carbocycles. The van der Waals surface area contributed by atoms with Gasteiger partial charge < -0.3 is 20.2 Å². The van der Waals surface area contributed by atoms with E-state index in [4.69, 9.17) is 0 Å². The lowest BCUT2D eigenvalue weighted by atomic mass is 9.97. The van der Waals surface area contributed by atoms with Gasteiger partial charge in [-0.25, -0.2) is 0 Å². The zero-order valence-corrected chi connectivity index (χ0v) is 20.8. The maximum atomic E-state index is 10.5. The summed E-state index contributed by atoms with van der Waals surface area (Å²) in [5.74, 6) is 0. The summed E-state index contributed by atoms with van der Waals surface area (Å²) < 4.78 is 0. The van der Waals surface area contributed by atoms with E-state index in [1.807, 2.05) is 44.2 Å². The number of hydrogen-bond acceptors (Lipinski definition) is 5. The number of nitrogens with zero attached hydrogens (tertiary/aromatic N) is 1. The first-order chi connectivity index (χ1) is 15.4. The number of benzene rings is 1. The SMILES string of the molecule is CCCN(Cc1ccc(CO)c(CO)c1)c1ccc(/C(=C\C=C\C(O)(CC)CC)CC)s1. The molecule has 0 amide bonds. The second-order valence-corrected chi connectivity index (χ2v) is 9.26. The van der Waals surface area contributed by atoms with E-state index in [0.717, 1.165) is 42.6 Å². The minimum Gasteiger partial charge on any atom is -0.392 e. The molecule has 0 aliphatic rings. The van der Waals surface area contributed by atoms with Gasteiger partial charge in [0.15, 0.2) is 0 Å². The zero-order chi connectivity index (χ0) is 23.6. The van der Waals surface area contributed by atoms with Crippen molar-refractivity contribution in [2.24, 2.45) is 0 Å². The molecular weight excluding hydrogens is 418 g/mol. The van der Waals surface area contributed by atoms with E-state index in [1.165, 1.54) is 15.5 Å². The fourth-order valence-corrected chi connectivity index (χ4v) is 4.84. The lowest BCUT2D eigenvalue weighted by Crippen LogP contribution is -2.22. The minimum atomic E-state index is -0.729.